The maximum absolute atomic E-state index is 4.45. The van der Waals surface area contributed by atoms with Gasteiger partial charge in [-0.3, -0.25) is 9.98 Å². The molecule has 2 aromatic heterocycles. The van der Waals surface area contributed by atoms with Gasteiger partial charge in [0.25, 0.3) is 0 Å². The number of rotatable bonds is 9. The molecule has 0 amide bonds. The minimum atomic E-state index is 0.0924. The van der Waals surface area contributed by atoms with Crippen LogP contribution in [0.5, 0.6) is 0 Å². The monoisotopic (exact) mass is 438 g/mol. The molecular weight excluding hydrogens is 412 g/mol. The predicted octanol–water partition coefficient (Wildman–Crippen LogP) is 5.94. The molecule has 1 aromatic carbocycles. The number of hydrogen-bond acceptors (Lipinski definition) is 2. The minimum absolute atomic E-state index is 0.0924. The van der Waals surface area contributed by atoms with E-state index in [9.17, 15) is 0 Å². The van der Waals surface area contributed by atoms with Gasteiger partial charge in [-0.15, -0.1) is 0 Å². The van der Waals surface area contributed by atoms with Crippen LogP contribution in [0.4, 0.5) is 0 Å². The topological polar surface area (TPSA) is 56.3 Å². The second-order valence-electron chi connectivity index (χ2n) is 6.79. The van der Waals surface area contributed by atoms with Crippen LogP contribution in [0.2, 0.25) is 0 Å². The third-order valence-corrected chi connectivity index (χ3v) is 4.98. The molecule has 0 fully saturated rings. The van der Waals surface area contributed by atoms with Gasteiger partial charge < -0.3 is 9.97 Å². The molecular formula is C23H27BrN4. The average Bonchev–Trinajstić information content (AvgIpc) is 3.35. The molecule has 0 aliphatic rings. The van der Waals surface area contributed by atoms with Gasteiger partial charge in [0, 0.05) is 41.4 Å². The number of H-pyrrole nitrogens is 2. The molecule has 4 nitrogen and oxygen atoms in total. The molecule has 0 aliphatic carbocycles. The lowest BCUT2D eigenvalue weighted by Gasteiger charge is -2.15. The van der Waals surface area contributed by atoms with Crippen molar-refractivity contribution in [3.05, 3.63) is 81.3 Å². The van der Waals surface area contributed by atoms with Gasteiger partial charge >= 0.3 is 0 Å². The van der Waals surface area contributed by atoms with Crippen LogP contribution in [0.25, 0.3) is 0 Å². The van der Waals surface area contributed by atoms with Crippen molar-refractivity contribution < 1.29 is 0 Å². The van der Waals surface area contributed by atoms with Gasteiger partial charge in [0.15, 0.2) is 0 Å². The number of aromatic amines is 2. The maximum atomic E-state index is 4.45. The van der Waals surface area contributed by atoms with Crippen molar-refractivity contribution >= 4 is 28.4 Å². The van der Waals surface area contributed by atoms with Crippen LogP contribution in [-0.2, 0) is 0 Å². The fourth-order valence-electron chi connectivity index (χ4n) is 3.11. The molecule has 0 unspecified atom stereocenters. The van der Waals surface area contributed by atoms with E-state index in [1.165, 1.54) is 5.56 Å². The highest BCUT2D eigenvalue weighted by atomic mass is 79.9. The largest absolute Gasteiger partial charge is 0.357 e. The van der Waals surface area contributed by atoms with E-state index >= 15 is 0 Å². The molecule has 3 aromatic rings. The molecule has 0 spiro atoms. The Morgan fingerprint density at radius 2 is 1.29 bits per heavy atom. The summed E-state index contributed by atoms with van der Waals surface area (Å²) in [7, 11) is 0. The van der Waals surface area contributed by atoms with Gasteiger partial charge in [-0.2, -0.15) is 0 Å². The average molecular weight is 439 g/mol. The Morgan fingerprint density at radius 3 is 1.75 bits per heavy atom. The van der Waals surface area contributed by atoms with Crippen LogP contribution in [0.3, 0.4) is 0 Å². The summed E-state index contributed by atoms with van der Waals surface area (Å²) in [6.07, 6.45) is 5.94. The molecule has 146 valence electrons. The number of hydrogen-bond donors (Lipinski definition) is 2. The van der Waals surface area contributed by atoms with E-state index in [4.69, 9.17) is 0 Å². The van der Waals surface area contributed by atoms with Gasteiger partial charge in [-0.05, 0) is 54.8 Å². The lowest BCUT2D eigenvalue weighted by molar-refractivity contribution is 0.893. The van der Waals surface area contributed by atoms with Crippen molar-refractivity contribution in [2.75, 3.05) is 13.1 Å². The zero-order valence-corrected chi connectivity index (χ0v) is 18.0. The fraction of sp³-hybridized carbons (Fsp3) is 0.304. The number of nitrogens with zero attached hydrogens (tertiary/aromatic N) is 2. The lowest BCUT2D eigenvalue weighted by atomic mass is 9.93. The molecule has 0 aliphatic heterocycles. The van der Waals surface area contributed by atoms with Gasteiger partial charge in [0.05, 0.1) is 17.3 Å². The van der Waals surface area contributed by atoms with Crippen LogP contribution in [0, 0.1) is 0 Å². The van der Waals surface area contributed by atoms with Crippen LogP contribution in [-0.4, -0.2) is 35.5 Å². The number of benzene rings is 1. The summed E-state index contributed by atoms with van der Waals surface area (Å²) in [5.41, 5.74) is 5.56. The summed E-state index contributed by atoms with van der Waals surface area (Å²) < 4.78 is 1.08. The zero-order valence-electron chi connectivity index (χ0n) is 16.5. The van der Waals surface area contributed by atoms with E-state index in [0.717, 1.165) is 53.2 Å². The molecule has 5 heteroatoms. The Kier molecular flexibility index (Phi) is 7.43. The lowest BCUT2D eigenvalue weighted by Crippen LogP contribution is -2.05. The highest BCUT2D eigenvalue weighted by molar-refractivity contribution is 9.10. The third-order valence-electron chi connectivity index (χ3n) is 4.45. The first-order valence-electron chi connectivity index (χ1n) is 9.84. The first-order chi connectivity index (χ1) is 13.7. The van der Waals surface area contributed by atoms with Crippen LogP contribution in [0.1, 0.15) is 60.9 Å². The van der Waals surface area contributed by atoms with Gasteiger partial charge in [-0.1, -0.05) is 41.9 Å². The molecule has 0 radical (unpaired) electrons. The first kappa shape index (κ1) is 20.3. The molecule has 0 saturated heterocycles. The maximum Gasteiger partial charge on any atom is 0.0641 e. The summed E-state index contributed by atoms with van der Waals surface area (Å²) in [5, 5.41) is 0. The first-order valence-corrected chi connectivity index (χ1v) is 10.6. The summed E-state index contributed by atoms with van der Waals surface area (Å²) >= 11 is 3.54. The van der Waals surface area contributed by atoms with Gasteiger partial charge in [0.1, 0.15) is 0 Å². The molecule has 28 heavy (non-hydrogen) atoms. The smallest absolute Gasteiger partial charge is 0.0641 e. The predicted molar refractivity (Wildman–Crippen MR) is 122 cm³/mol. The Hall–Kier alpha value is -2.40. The third kappa shape index (κ3) is 5.32. The second-order valence-corrected chi connectivity index (χ2v) is 7.71. The molecule has 2 heterocycles. The molecule has 2 N–H and O–H groups in total. The number of aliphatic imine (C=N–C) groups is 2. The minimum Gasteiger partial charge on any atom is -0.357 e. The highest BCUT2D eigenvalue weighted by Crippen LogP contribution is 2.31. The number of nitrogens with one attached hydrogen (secondary N) is 2. The fourth-order valence-corrected chi connectivity index (χ4v) is 3.38. The summed E-state index contributed by atoms with van der Waals surface area (Å²) in [6, 6.07) is 17.0. The Labute approximate surface area is 175 Å². The Morgan fingerprint density at radius 1 is 0.786 bits per heavy atom. The zero-order chi connectivity index (χ0) is 19.8. The van der Waals surface area contributed by atoms with Crippen molar-refractivity contribution in [3.63, 3.8) is 0 Å². The van der Waals surface area contributed by atoms with Crippen molar-refractivity contribution in [2.45, 2.75) is 32.6 Å². The van der Waals surface area contributed by atoms with Crippen LogP contribution < -0.4 is 0 Å². The van der Waals surface area contributed by atoms with Crippen LogP contribution in [0.15, 0.2) is 63.0 Å². The number of aromatic nitrogens is 2. The van der Waals surface area contributed by atoms with E-state index in [1.54, 1.807) is 0 Å². The summed E-state index contributed by atoms with van der Waals surface area (Å²) in [4.78, 5) is 16.0. The van der Waals surface area contributed by atoms with Crippen molar-refractivity contribution in [3.8, 4) is 0 Å². The standard InChI is InChI=1S/C23H27BrN4/c1-3-13-25-15-19-9-11-21(27-19)23(17-5-7-18(24)8-6-17)22-12-10-20(28-22)16-26-14-4-2/h5-12,15-16,23,27-28H,3-4,13-14H2,1-2H3/b25-15+,26-16+. The van der Waals surface area contributed by atoms with Gasteiger partial charge in [0.2, 0.25) is 0 Å². The quantitative estimate of drug-likeness (QED) is 0.388. The summed E-state index contributed by atoms with van der Waals surface area (Å²) in [5.74, 6) is 0.0924. The summed E-state index contributed by atoms with van der Waals surface area (Å²) in [6.45, 7) is 5.96. The van der Waals surface area contributed by atoms with Crippen molar-refractivity contribution in [2.24, 2.45) is 9.98 Å². The number of halogens is 1. The van der Waals surface area contributed by atoms with Crippen molar-refractivity contribution in [1.82, 2.24) is 9.97 Å². The van der Waals surface area contributed by atoms with E-state index < -0.39 is 0 Å². The van der Waals surface area contributed by atoms with E-state index in [2.05, 4.69) is 98.3 Å². The SMILES string of the molecule is CCC/N=C/c1ccc(C(c2ccc(Br)cc2)c2ccc(/C=N/CCC)[nH]2)[nH]1. The van der Waals surface area contributed by atoms with Crippen molar-refractivity contribution in [1.29, 1.82) is 0 Å². The van der Waals surface area contributed by atoms with E-state index in [-0.39, 0.29) is 5.92 Å². The molecule has 0 bridgehead atoms. The molecule has 0 saturated carbocycles. The van der Waals surface area contributed by atoms with E-state index in [1.807, 2.05) is 12.4 Å². The highest BCUT2D eigenvalue weighted by Gasteiger charge is 2.20. The second kappa shape index (κ2) is 10.2. The van der Waals surface area contributed by atoms with Crippen LogP contribution >= 0.6 is 15.9 Å². The van der Waals surface area contributed by atoms with E-state index in [0.29, 0.717) is 0 Å². The normalized spacial score (nSPS) is 12.0. The molecule has 3 rings (SSSR count). The molecule has 0 atom stereocenters. The van der Waals surface area contributed by atoms with Gasteiger partial charge in [-0.25, -0.2) is 0 Å². The Bertz CT molecular complexity index is 864. The Balaban J connectivity index is 1.93.